The van der Waals surface area contributed by atoms with Gasteiger partial charge < -0.3 is 24.6 Å². The number of ether oxygens (including phenoxy) is 2. The molecule has 20 heavy (non-hydrogen) atoms. The molecule has 0 radical (unpaired) electrons. The molecular formula is C13H21N3O4. The fourth-order valence-corrected chi connectivity index (χ4v) is 2.30. The Kier molecular flexibility index (Phi) is 4.29. The Morgan fingerprint density at radius 1 is 1.35 bits per heavy atom. The first-order valence-corrected chi connectivity index (χ1v) is 6.65. The van der Waals surface area contributed by atoms with Crippen LogP contribution in [-0.2, 0) is 0 Å². The van der Waals surface area contributed by atoms with Gasteiger partial charge in [0, 0.05) is 13.1 Å². The molecule has 2 N–H and O–H groups in total. The molecule has 1 saturated heterocycles. The molecule has 2 rings (SSSR count). The summed E-state index contributed by atoms with van der Waals surface area (Å²) in [5.41, 5.74) is -1.03. The predicted octanol–water partition coefficient (Wildman–Crippen LogP) is 0.206. The average Bonchev–Trinajstić information content (AvgIpc) is 2.49. The van der Waals surface area contributed by atoms with E-state index >= 15 is 0 Å². The maximum Gasteiger partial charge on any atom is 0.232 e. The molecule has 7 nitrogen and oxygen atoms in total. The van der Waals surface area contributed by atoms with E-state index in [9.17, 15) is 10.2 Å². The SMILES string of the molecule is CC[C@@]1(O)CCN(c2nc(OC)cc(OC)n2)C[C@H]1O. The number of hydrogen-bond donors (Lipinski definition) is 2. The second kappa shape index (κ2) is 5.80. The third kappa shape index (κ3) is 2.78. The summed E-state index contributed by atoms with van der Waals surface area (Å²) in [7, 11) is 3.04. The second-order valence-corrected chi connectivity index (χ2v) is 4.92. The second-order valence-electron chi connectivity index (χ2n) is 4.92. The summed E-state index contributed by atoms with van der Waals surface area (Å²) in [5.74, 6) is 1.23. The van der Waals surface area contributed by atoms with Crippen LogP contribution in [0.15, 0.2) is 6.07 Å². The lowest BCUT2D eigenvalue weighted by Gasteiger charge is -2.41. The molecule has 1 aromatic heterocycles. The van der Waals surface area contributed by atoms with Gasteiger partial charge in [0.25, 0.3) is 0 Å². The molecular weight excluding hydrogens is 262 g/mol. The van der Waals surface area contributed by atoms with Gasteiger partial charge in [0.05, 0.1) is 25.9 Å². The number of anilines is 1. The zero-order valence-electron chi connectivity index (χ0n) is 12.0. The molecule has 2 heterocycles. The highest BCUT2D eigenvalue weighted by Gasteiger charge is 2.39. The number of rotatable bonds is 4. The first-order valence-electron chi connectivity index (χ1n) is 6.65. The Morgan fingerprint density at radius 3 is 2.40 bits per heavy atom. The van der Waals surface area contributed by atoms with E-state index in [1.807, 2.05) is 11.8 Å². The van der Waals surface area contributed by atoms with Crippen molar-refractivity contribution in [3.63, 3.8) is 0 Å². The van der Waals surface area contributed by atoms with E-state index in [-0.39, 0.29) is 6.54 Å². The van der Waals surface area contributed by atoms with Gasteiger partial charge in [-0.05, 0) is 12.8 Å². The molecule has 2 atom stereocenters. The van der Waals surface area contributed by atoms with Crippen molar-refractivity contribution in [2.45, 2.75) is 31.5 Å². The molecule has 1 aliphatic heterocycles. The van der Waals surface area contributed by atoms with Gasteiger partial charge in [-0.25, -0.2) is 0 Å². The number of piperidine rings is 1. The number of methoxy groups -OCH3 is 2. The van der Waals surface area contributed by atoms with E-state index in [2.05, 4.69) is 9.97 Å². The molecule has 0 bridgehead atoms. The van der Waals surface area contributed by atoms with Gasteiger partial charge in [-0.15, -0.1) is 0 Å². The van der Waals surface area contributed by atoms with Crippen molar-refractivity contribution in [2.75, 3.05) is 32.2 Å². The molecule has 7 heteroatoms. The van der Waals surface area contributed by atoms with Crippen molar-refractivity contribution >= 4 is 5.95 Å². The summed E-state index contributed by atoms with van der Waals surface area (Å²) in [6, 6.07) is 1.59. The molecule has 1 fully saturated rings. The van der Waals surface area contributed by atoms with E-state index in [4.69, 9.17) is 9.47 Å². The minimum Gasteiger partial charge on any atom is -0.481 e. The summed E-state index contributed by atoms with van der Waals surface area (Å²) in [5, 5.41) is 20.4. The molecule has 112 valence electrons. The van der Waals surface area contributed by atoms with Crippen LogP contribution in [0, 0.1) is 0 Å². The van der Waals surface area contributed by atoms with E-state index in [0.29, 0.717) is 37.1 Å². The van der Waals surface area contributed by atoms with E-state index < -0.39 is 11.7 Å². The zero-order valence-corrected chi connectivity index (χ0v) is 12.0. The standard InChI is InChI=1S/C13H21N3O4/c1-4-13(18)5-6-16(8-9(13)17)12-14-10(19-2)7-11(15-12)20-3/h7,9,17-18H,4-6,8H2,1-3H3/t9-,13-/m1/s1. The summed E-state index contributed by atoms with van der Waals surface area (Å²) < 4.78 is 10.2. The number of aliphatic hydroxyl groups is 2. The number of aliphatic hydroxyl groups excluding tert-OH is 1. The van der Waals surface area contributed by atoms with Gasteiger partial charge in [-0.1, -0.05) is 6.92 Å². The van der Waals surface area contributed by atoms with Crippen molar-refractivity contribution < 1.29 is 19.7 Å². The van der Waals surface area contributed by atoms with Crippen molar-refractivity contribution in [3.8, 4) is 11.8 Å². The van der Waals surface area contributed by atoms with Gasteiger partial charge in [0.2, 0.25) is 17.7 Å². The summed E-state index contributed by atoms with van der Waals surface area (Å²) in [6.45, 7) is 2.71. The lowest BCUT2D eigenvalue weighted by atomic mass is 9.86. The Labute approximate surface area is 118 Å². The molecule has 0 aliphatic carbocycles. The molecule has 0 saturated carbocycles. The lowest BCUT2D eigenvalue weighted by Crippen LogP contribution is -2.55. The van der Waals surface area contributed by atoms with E-state index in [0.717, 1.165) is 0 Å². The van der Waals surface area contributed by atoms with Crippen molar-refractivity contribution in [1.82, 2.24) is 9.97 Å². The minimum absolute atomic E-state index is 0.278. The van der Waals surface area contributed by atoms with Gasteiger partial charge >= 0.3 is 0 Å². The maximum absolute atomic E-state index is 10.2. The third-order valence-corrected chi connectivity index (χ3v) is 3.81. The molecule has 0 spiro atoms. The van der Waals surface area contributed by atoms with Crippen LogP contribution in [0.1, 0.15) is 19.8 Å². The Hall–Kier alpha value is -1.60. The Morgan fingerprint density at radius 2 is 1.95 bits per heavy atom. The highest BCUT2D eigenvalue weighted by molar-refractivity contribution is 5.38. The van der Waals surface area contributed by atoms with Crippen LogP contribution in [0.25, 0.3) is 0 Å². The largest absolute Gasteiger partial charge is 0.481 e. The van der Waals surface area contributed by atoms with Crippen LogP contribution in [-0.4, -0.2) is 59.2 Å². The van der Waals surface area contributed by atoms with Crippen LogP contribution in [0.2, 0.25) is 0 Å². The summed E-state index contributed by atoms with van der Waals surface area (Å²) in [6.07, 6.45) is 0.153. The van der Waals surface area contributed by atoms with E-state index in [1.54, 1.807) is 6.07 Å². The predicted molar refractivity (Wildman–Crippen MR) is 73.2 cm³/mol. The summed E-state index contributed by atoms with van der Waals surface area (Å²) >= 11 is 0. The van der Waals surface area contributed by atoms with Crippen LogP contribution in [0.3, 0.4) is 0 Å². The molecule has 0 aromatic carbocycles. The first-order chi connectivity index (χ1) is 9.52. The monoisotopic (exact) mass is 283 g/mol. The topological polar surface area (TPSA) is 87.9 Å². The lowest BCUT2D eigenvalue weighted by molar-refractivity contribution is -0.0881. The van der Waals surface area contributed by atoms with Crippen LogP contribution < -0.4 is 14.4 Å². The van der Waals surface area contributed by atoms with Gasteiger partial charge in [-0.3, -0.25) is 0 Å². The Balaban J connectivity index is 2.21. The fraction of sp³-hybridized carbons (Fsp3) is 0.692. The zero-order chi connectivity index (χ0) is 14.8. The minimum atomic E-state index is -1.03. The molecule has 0 unspecified atom stereocenters. The molecule has 0 amide bonds. The Bertz CT molecular complexity index is 449. The highest BCUT2D eigenvalue weighted by atomic mass is 16.5. The highest BCUT2D eigenvalue weighted by Crippen LogP contribution is 2.29. The van der Waals surface area contributed by atoms with Gasteiger partial charge in [-0.2, -0.15) is 9.97 Å². The number of aromatic nitrogens is 2. The maximum atomic E-state index is 10.2. The smallest absolute Gasteiger partial charge is 0.232 e. The van der Waals surface area contributed by atoms with Crippen molar-refractivity contribution in [1.29, 1.82) is 0 Å². The normalized spacial score (nSPS) is 26.4. The number of nitrogens with zero attached hydrogens (tertiary/aromatic N) is 3. The van der Waals surface area contributed by atoms with Gasteiger partial charge in [0.1, 0.15) is 6.10 Å². The summed E-state index contributed by atoms with van der Waals surface area (Å²) in [4.78, 5) is 10.3. The quantitative estimate of drug-likeness (QED) is 0.816. The van der Waals surface area contributed by atoms with Crippen molar-refractivity contribution in [3.05, 3.63) is 6.07 Å². The van der Waals surface area contributed by atoms with Crippen LogP contribution >= 0.6 is 0 Å². The van der Waals surface area contributed by atoms with Crippen molar-refractivity contribution in [2.24, 2.45) is 0 Å². The first kappa shape index (κ1) is 14.8. The van der Waals surface area contributed by atoms with Crippen LogP contribution in [0.4, 0.5) is 5.95 Å². The third-order valence-electron chi connectivity index (χ3n) is 3.81. The molecule has 1 aromatic rings. The molecule has 1 aliphatic rings. The average molecular weight is 283 g/mol. The van der Waals surface area contributed by atoms with Crippen LogP contribution in [0.5, 0.6) is 11.8 Å². The fourth-order valence-electron chi connectivity index (χ4n) is 2.30. The van der Waals surface area contributed by atoms with Gasteiger partial charge in [0.15, 0.2) is 0 Å². The number of hydrogen-bond acceptors (Lipinski definition) is 7. The van der Waals surface area contributed by atoms with E-state index in [1.165, 1.54) is 14.2 Å². The number of β-amino-alcohol motifs (C(OH)–C–C–N with tert-alkyl or cyclic N) is 1.